The molecule has 1 aromatic heterocycles. The summed E-state index contributed by atoms with van der Waals surface area (Å²) in [6.07, 6.45) is 4.32. The Hall–Kier alpha value is -1.82. The van der Waals surface area contributed by atoms with E-state index in [0.29, 0.717) is 38.1 Å². The summed E-state index contributed by atoms with van der Waals surface area (Å²) in [4.78, 5) is 26.0. The lowest BCUT2D eigenvalue weighted by Gasteiger charge is -2.31. The second-order valence-electron chi connectivity index (χ2n) is 5.44. The summed E-state index contributed by atoms with van der Waals surface area (Å²) in [7, 11) is 1.61. The number of carbonyl (C=O) groups excluding carboxylic acids is 2. The van der Waals surface area contributed by atoms with Gasteiger partial charge in [0.25, 0.3) is 5.91 Å². The Labute approximate surface area is 124 Å². The molecule has 0 saturated carbocycles. The van der Waals surface area contributed by atoms with Crippen molar-refractivity contribution in [3.63, 3.8) is 0 Å². The molecule has 1 saturated heterocycles. The van der Waals surface area contributed by atoms with Crippen LogP contribution in [-0.4, -0.2) is 49.6 Å². The van der Waals surface area contributed by atoms with E-state index in [1.165, 1.54) is 12.5 Å². The van der Waals surface area contributed by atoms with Gasteiger partial charge >= 0.3 is 0 Å². The molecule has 0 aromatic carbocycles. The number of furan rings is 1. The second kappa shape index (κ2) is 7.26. The van der Waals surface area contributed by atoms with Crippen LogP contribution in [0.3, 0.4) is 0 Å². The summed E-state index contributed by atoms with van der Waals surface area (Å²) < 4.78 is 9.93. The number of hydrogen-bond acceptors (Lipinski definition) is 4. The third-order valence-electron chi connectivity index (χ3n) is 3.73. The molecule has 21 heavy (non-hydrogen) atoms. The van der Waals surface area contributed by atoms with Crippen molar-refractivity contribution in [3.05, 3.63) is 24.2 Å². The van der Waals surface area contributed by atoms with Gasteiger partial charge < -0.3 is 19.4 Å². The molecule has 1 aromatic rings. The molecule has 6 heteroatoms. The topological polar surface area (TPSA) is 71.8 Å². The first kappa shape index (κ1) is 15.6. The minimum atomic E-state index is -0.0321. The molecule has 116 valence electrons. The highest BCUT2D eigenvalue weighted by Gasteiger charge is 2.28. The molecule has 0 spiro atoms. The fourth-order valence-corrected chi connectivity index (χ4v) is 2.57. The Kier molecular flexibility index (Phi) is 5.38. The average Bonchev–Trinajstić information content (AvgIpc) is 3.01. The minimum absolute atomic E-state index is 0.00749. The molecular weight excluding hydrogens is 272 g/mol. The largest absolute Gasteiger partial charge is 0.472 e. The molecule has 2 amide bonds. The van der Waals surface area contributed by atoms with Gasteiger partial charge in [0.1, 0.15) is 6.26 Å². The molecule has 1 fully saturated rings. The highest BCUT2D eigenvalue weighted by molar-refractivity contribution is 5.94. The number of carbonyl (C=O) groups is 2. The highest BCUT2D eigenvalue weighted by Crippen LogP contribution is 2.19. The molecule has 1 aliphatic heterocycles. The first-order valence-corrected chi connectivity index (χ1v) is 7.22. The van der Waals surface area contributed by atoms with Crippen LogP contribution in [0.1, 0.15) is 30.1 Å². The van der Waals surface area contributed by atoms with Crippen molar-refractivity contribution in [2.75, 3.05) is 26.8 Å². The number of likely N-dealkylation sites (tertiary alicyclic amines) is 1. The van der Waals surface area contributed by atoms with Crippen molar-refractivity contribution in [2.45, 2.75) is 25.8 Å². The van der Waals surface area contributed by atoms with Crippen molar-refractivity contribution in [1.82, 2.24) is 10.2 Å². The van der Waals surface area contributed by atoms with E-state index in [4.69, 9.17) is 9.15 Å². The predicted molar refractivity (Wildman–Crippen MR) is 76.8 cm³/mol. The van der Waals surface area contributed by atoms with Crippen LogP contribution in [0.4, 0.5) is 0 Å². The van der Waals surface area contributed by atoms with E-state index in [0.717, 1.165) is 0 Å². The maximum Gasteiger partial charge on any atom is 0.257 e. The van der Waals surface area contributed by atoms with Crippen molar-refractivity contribution < 1.29 is 18.7 Å². The van der Waals surface area contributed by atoms with Gasteiger partial charge in [-0.25, -0.2) is 0 Å². The standard InChI is InChI=1S/C15H22N2O4/c1-11(9-20-2)16-14(18)12-3-6-17(7-4-12)15(19)13-5-8-21-10-13/h5,8,10-12H,3-4,6-7,9H2,1-2H3,(H,16,18)/t11-/m1/s1. The lowest BCUT2D eigenvalue weighted by Crippen LogP contribution is -2.45. The van der Waals surface area contributed by atoms with Gasteiger partial charge in [-0.15, -0.1) is 0 Å². The summed E-state index contributed by atoms with van der Waals surface area (Å²) in [6.45, 7) is 3.62. The summed E-state index contributed by atoms with van der Waals surface area (Å²) in [6, 6.07) is 1.67. The van der Waals surface area contributed by atoms with Crippen LogP contribution >= 0.6 is 0 Å². The minimum Gasteiger partial charge on any atom is -0.472 e. The first-order chi connectivity index (χ1) is 10.1. The number of hydrogen-bond donors (Lipinski definition) is 1. The molecule has 1 N–H and O–H groups in total. The van der Waals surface area contributed by atoms with Crippen molar-refractivity contribution in [3.8, 4) is 0 Å². The first-order valence-electron chi connectivity index (χ1n) is 7.22. The van der Waals surface area contributed by atoms with Gasteiger partial charge in [0.05, 0.1) is 18.4 Å². The SMILES string of the molecule is COC[C@@H](C)NC(=O)C1CCN(C(=O)c2ccoc2)CC1. The zero-order valence-corrected chi connectivity index (χ0v) is 12.5. The van der Waals surface area contributed by atoms with E-state index in [9.17, 15) is 9.59 Å². The third-order valence-corrected chi connectivity index (χ3v) is 3.73. The average molecular weight is 294 g/mol. The maximum absolute atomic E-state index is 12.1. The van der Waals surface area contributed by atoms with E-state index >= 15 is 0 Å². The van der Waals surface area contributed by atoms with Gasteiger partial charge in [-0.1, -0.05) is 0 Å². The Balaban J connectivity index is 1.80. The normalized spacial score (nSPS) is 17.5. The van der Waals surface area contributed by atoms with Crippen LogP contribution in [0.25, 0.3) is 0 Å². The van der Waals surface area contributed by atoms with Crippen molar-refractivity contribution >= 4 is 11.8 Å². The molecule has 1 atom stereocenters. The third kappa shape index (κ3) is 4.07. The van der Waals surface area contributed by atoms with E-state index in [2.05, 4.69) is 5.32 Å². The van der Waals surface area contributed by atoms with E-state index < -0.39 is 0 Å². The van der Waals surface area contributed by atoms with Gasteiger partial charge in [0.15, 0.2) is 0 Å². The zero-order valence-electron chi connectivity index (χ0n) is 12.5. The molecule has 1 aliphatic rings. The summed E-state index contributed by atoms with van der Waals surface area (Å²) in [5.74, 6) is -0.0111. The Morgan fingerprint density at radius 1 is 1.48 bits per heavy atom. The molecule has 2 heterocycles. The van der Waals surface area contributed by atoms with Crippen LogP contribution < -0.4 is 5.32 Å². The molecular formula is C15H22N2O4. The fraction of sp³-hybridized carbons (Fsp3) is 0.600. The molecule has 2 rings (SSSR count). The number of methoxy groups -OCH3 is 1. The van der Waals surface area contributed by atoms with Gasteiger partial charge in [-0.2, -0.15) is 0 Å². The number of ether oxygens (including phenoxy) is 1. The van der Waals surface area contributed by atoms with Crippen LogP contribution in [-0.2, 0) is 9.53 Å². The number of piperidine rings is 1. The summed E-state index contributed by atoms with van der Waals surface area (Å²) in [5, 5.41) is 2.94. The monoisotopic (exact) mass is 294 g/mol. The van der Waals surface area contributed by atoms with Gasteiger partial charge in [-0.05, 0) is 25.8 Å². The number of amides is 2. The van der Waals surface area contributed by atoms with E-state index in [1.807, 2.05) is 6.92 Å². The zero-order chi connectivity index (χ0) is 15.2. The van der Waals surface area contributed by atoms with Gasteiger partial charge in [0.2, 0.25) is 5.91 Å². The molecule has 0 unspecified atom stereocenters. The molecule has 0 aliphatic carbocycles. The summed E-state index contributed by atoms with van der Waals surface area (Å²) in [5.41, 5.74) is 0.562. The molecule has 6 nitrogen and oxygen atoms in total. The van der Waals surface area contributed by atoms with Gasteiger partial charge in [-0.3, -0.25) is 9.59 Å². The predicted octanol–water partition coefficient (Wildman–Crippen LogP) is 1.28. The lowest BCUT2D eigenvalue weighted by atomic mass is 9.95. The Morgan fingerprint density at radius 2 is 2.19 bits per heavy atom. The number of nitrogens with one attached hydrogen (secondary N) is 1. The quantitative estimate of drug-likeness (QED) is 0.888. The van der Waals surface area contributed by atoms with Crippen LogP contribution in [0, 0.1) is 5.92 Å². The number of nitrogens with zero attached hydrogens (tertiary/aromatic N) is 1. The van der Waals surface area contributed by atoms with Crippen LogP contribution in [0.5, 0.6) is 0 Å². The van der Waals surface area contributed by atoms with Gasteiger partial charge in [0, 0.05) is 32.2 Å². The molecule has 0 bridgehead atoms. The van der Waals surface area contributed by atoms with Crippen LogP contribution in [0.15, 0.2) is 23.0 Å². The Bertz CT molecular complexity index is 464. The molecule has 0 radical (unpaired) electrons. The lowest BCUT2D eigenvalue weighted by molar-refractivity contribution is -0.127. The van der Waals surface area contributed by atoms with Crippen molar-refractivity contribution in [2.24, 2.45) is 5.92 Å². The van der Waals surface area contributed by atoms with E-state index in [-0.39, 0.29) is 23.8 Å². The Morgan fingerprint density at radius 3 is 2.76 bits per heavy atom. The maximum atomic E-state index is 12.1. The van der Waals surface area contributed by atoms with Crippen LogP contribution in [0.2, 0.25) is 0 Å². The summed E-state index contributed by atoms with van der Waals surface area (Å²) >= 11 is 0. The van der Waals surface area contributed by atoms with Crippen molar-refractivity contribution in [1.29, 1.82) is 0 Å². The fourth-order valence-electron chi connectivity index (χ4n) is 2.57. The second-order valence-corrected chi connectivity index (χ2v) is 5.44. The number of rotatable bonds is 5. The smallest absolute Gasteiger partial charge is 0.257 e. The highest BCUT2D eigenvalue weighted by atomic mass is 16.5. The van der Waals surface area contributed by atoms with E-state index in [1.54, 1.807) is 18.1 Å².